The summed E-state index contributed by atoms with van der Waals surface area (Å²) in [4.78, 5) is 10.2. The number of aldehydes is 1. The number of hydrogen-bond acceptors (Lipinski definition) is 4. The van der Waals surface area contributed by atoms with Gasteiger partial charge in [0.2, 0.25) is 0 Å². The smallest absolute Gasteiger partial charge is 0.164 e. The molecule has 2 rings (SSSR count). The van der Waals surface area contributed by atoms with E-state index in [2.05, 4.69) is 15.6 Å². The fourth-order valence-electron chi connectivity index (χ4n) is 1.57. The molecule has 84 valence electrons. The molecule has 0 atom stereocenters. The molecule has 5 heteroatoms. The van der Waals surface area contributed by atoms with Gasteiger partial charge in [-0.25, -0.2) is 0 Å². The summed E-state index contributed by atoms with van der Waals surface area (Å²) in [6.07, 6.45) is 3.16. The van der Waals surface area contributed by atoms with Crippen LogP contribution in [0.2, 0.25) is 0 Å². The van der Waals surface area contributed by atoms with Gasteiger partial charge in [0.05, 0.1) is 0 Å². The second kappa shape index (κ2) is 5.03. The van der Waals surface area contributed by atoms with E-state index < -0.39 is 0 Å². The molecule has 0 N–H and O–H groups in total. The zero-order chi connectivity index (χ0) is 11.4. The minimum Gasteiger partial charge on any atom is -0.314 e. The lowest BCUT2D eigenvalue weighted by molar-refractivity contribution is -0.107. The van der Waals surface area contributed by atoms with E-state index in [9.17, 15) is 4.79 Å². The minimum absolute atomic E-state index is 0.584. The Kier molecular flexibility index (Phi) is 3.46. The van der Waals surface area contributed by atoms with Crippen LogP contribution in [0.3, 0.4) is 0 Å². The summed E-state index contributed by atoms with van der Waals surface area (Å²) >= 11 is 1.65. The molecule has 0 fully saturated rings. The molecule has 0 unspecified atom stereocenters. The number of nitrogens with zero attached hydrogens (tertiary/aromatic N) is 3. The summed E-state index contributed by atoms with van der Waals surface area (Å²) in [5.41, 5.74) is 1.10. The van der Waals surface area contributed by atoms with Crippen molar-refractivity contribution >= 4 is 17.6 Å². The summed E-state index contributed by atoms with van der Waals surface area (Å²) in [6, 6.07) is 2.03. The maximum atomic E-state index is 10.2. The third-order valence-corrected chi connectivity index (χ3v) is 3.15. The lowest BCUT2D eigenvalue weighted by Crippen LogP contribution is -1.99. The van der Waals surface area contributed by atoms with E-state index in [0.717, 1.165) is 36.3 Å². The summed E-state index contributed by atoms with van der Waals surface area (Å²) in [5, 5.41) is 12.4. The number of hydrogen-bond donors (Lipinski definition) is 0. The molecular weight excluding hydrogens is 222 g/mol. The predicted molar refractivity (Wildman–Crippen MR) is 63.3 cm³/mol. The molecule has 4 nitrogen and oxygen atoms in total. The summed E-state index contributed by atoms with van der Waals surface area (Å²) in [7, 11) is 1.96. The quantitative estimate of drug-likeness (QED) is 0.588. The van der Waals surface area contributed by atoms with Crippen molar-refractivity contribution in [2.75, 3.05) is 0 Å². The molecule has 0 spiro atoms. The van der Waals surface area contributed by atoms with E-state index in [1.54, 1.807) is 11.3 Å². The van der Waals surface area contributed by atoms with Gasteiger partial charge in [0.25, 0.3) is 0 Å². The number of aryl methyl sites for hydroxylation is 1. The number of thiophene rings is 1. The molecular formula is C11H13N3OS. The van der Waals surface area contributed by atoms with Crippen LogP contribution in [-0.2, 0) is 18.3 Å². The second-order valence-electron chi connectivity index (χ2n) is 3.57. The molecule has 0 bridgehead atoms. The zero-order valence-corrected chi connectivity index (χ0v) is 9.91. The van der Waals surface area contributed by atoms with Gasteiger partial charge in [0.1, 0.15) is 12.1 Å². The number of rotatable bonds is 5. The van der Waals surface area contributed by atoms with Gasteiger partial charge in [-0.15, -0.1) is 10.2 Å². The Morgan fingerprint density at radius 2 is 2.38 bits per heavy atom. The van der Waals surface area contributed by atoms with Crippen LogP contribution in [0.4, 0.5) is 0 Å². The summed E-state index contributed by atoms with van der Waals surface area (Å²) in [6.45, 7) is 0. The van der Waals surface area contributed by atoms with E-state index in [0.29, 0.717) is 6.42 Å². The van der Waals surface area contributed by atoms with E-state index in [1.807, 2.05) is 23.1 Å². The highest BCUT2D eigenvalue weighted by Crippen LogP contribution is 2.20. The largest absolute Gasteiger partial charge is 0.314 e. The topological polar surface area (TPSA) is 47.8 Å². The second-order valence-corrected chi connectivity index (χ2v) is 4.35. The van der Waals surface area contributed by atoms with Crippen molar-refractivity contribution in [1.29, 1.82) is 0 Å². The molecule has 0 aromatic carbocycles. The molecule has 0 saturated heterocycles. The van der Waals surface area contributed by atoms with Gasteiger partial charge in [-0.2, -0.15) is 11.3 Å². The van der Waals surface area contributed by atoms with Crippen molar-refractivity contribution < 1.29 is 4.79 Å². The van der Waals surface area contributed by atoms with Crippen LogP contribution < -0.4 is 0 Å². The third kappa shape index (κ3) is 2.19. The first kappa shape index (κ1) is 11.0. The minimum atomic E-state index is 0.584. The van der Waals surface area contributed by atoms with Crippen molar-refractivity contribution in [3.8, 4) is 11.4 Å². The van der Waals surface area contributed by atoms with E-state index in [-0.39, 0.29) is 0 Å². The summed E-state index contributed by atoms with van der Waals surface area (Å²) in [5.74, 6) is 1.82. The lowest BCUT2D eigenvalue weighted by Gasteiger charge is -2.01. The number of carbonyl (C=O) groups excluding carboxylic acids is 1. The van der Waals surface area contributed by atoms with Gasteiger partial charge < -0.3 is 9.36 Å². The standard InChI is InChI=1S/C11H13N3OS/c1-14-10(4-2-3-6-15)12-13-11(14)9-5-7-16-8-9/h5-8H,2-4H2,1H3. The third-order valence-electron chi connectivity index (χ3n) is 2.47. The highest BCUT2D eigenvalue weighted by molar-refractivity contribution is 7.08. The number of aromatic nitrogens is 3. The van der Waals surface area contributed by atoms with E-state index in [1.165, 1.54) is 0 Å². The van der Waals surface area contributed by atoms with Crippen LogP contribution >= 0.6 is 11.3 Å². The normalized spacial score (nSPS) is 10.6. The molecule has 2 heterocycles. The van der Waals surface area contributed by atoms with Crippen molar-refractivity contribution in [2.24, 2.45) is 7.05 Å². The van der Waals surface area contributed by atoms with Crippen molar-refractivity contribution in [1.82, 2.24) is 14.8 Å². The summed E-state index contributed by atoms with van der Waals surface area (Å²) < 4.78 is 1.99. The first-order chi connectivity index (χ1) is 7.83. The van der Waals surface area contributed by atoms with Crippen molar-refractivity contribution in [3.05, 3.63) is 22.7 Å². The van der Waals surface area contributed by atoms with Gasteiger partial charge in [-0.1, -0.05) is 0 Å². The maximum Gasteiger partial charge on any atom is 0.164 e. The Balaban J connectivity index is 2.15. The number of carbonyl (C=O) groups is 1. The predicted octanol–water partition coefficient (Wildman–Crippen LogP) is 2.07. The highest BCUT2D eigenvalue weighted by Gasteiger charge is 2.10. The van der Waals surface area contributed by atoms with Crippen molar-refractivity contribution in [2.45, 2.75) is 19.3 Å². The fourth-order valence-corrected chi connectivity index (χ4v) is 2.20. The van der Waals surface area contributed by atoms with Crippen LogP contribution in [0.25, 0.3) is 11.4 Å². The van der Waals surface area contributed by atoms with Crippen LogP contribution in [0, 0.1) is 0 Å². The molecule has 2 aromatic rings. The van der Waals surface area contributed by atoms with E-state index >= 15 is 0 Å². The van der Waals surface area contributed by atoms with Gasteiger partial charge in [0.15, 0.2) is 5.82 Å². The van der Waals surface area contributed by atoms with Gasteiger partial charge >= 0.3 is 0 Å². The SMILES string of the molecule is Cn1c(CCCC=O)nnc1-c1ccsc1. The number of unbranched alkanes of at least 4 members (excludes halogenated alkanes) is 1. The molecule has 0 amide bonds. The van der Waals surface area contributed by atoms with Gasteiger partial charge in [0, 0.05) is 30.8 Å². The monoisotopic (exact) mass is 235 g/mol. The zero-order valence-electron chi connectivity index (χ0n) is 9.09. The fraction of sp³-hybridized carbons (Fsp3) is 0.364. The highest BCUT2D eigenvalue weighted by atomic mass is 32.1. The molecule has 16 heavy (non-hydrogen) atoms. The Morgan fingerprint density at radius 3 is 3.06 bits per heavy atom. The Labute approximate surface area is 97.9 Å². The average Bonchev–Trinajstić information content (AvgIpc) is 2.89. The molecule has 0 aliphatic rings. The van der Waals surface area contributed by atoms with Crippen LogP contribution in [0.5, 0.6) is 0 Å². The molecule has 0 aliphatic heterocycles. The molecule has 2 aromatic heterocycles. The van der Waals surface area contributed by atoms with Crippen LogP contribution in [-0.4, -0.2) is 21.1 Å². The van der Waals surface area contributed by atoms with Gasteiger partial charge in [-0.3, -0.25) is 0 Å². The van der Waals surface area contributed by atoms with Crippen molar-refractivity contribution in [3.63, 3.8) is 0 Å². The average molecular weight is 235 g/mol. The molecule has 0 radical (unpaired) electrons. The van der Waals surface area contributed by atoms with Crippen LogP contribution in [0.15, 0.2) is 16.8 Å². The Morgan fingerprint density at radius 1 is 1.50 bits per heavy atom. The molecule has 0 aliphatic carbocycles. The lowest BCUT2D eigenvalue weighted by atomic mass is 10.2. The Bertz CT molecular complexity index is 462. The first-order valence-electron chi connectivity index (χ1n) is 5.17. The van der Waals surface area contributed by atoms with Crippen LogP contribution in [0.1, 0.15) is 18.7 Å². The Hall–Kier alpha value is -1.49. The maximum absolute atomic E-state index is 10.2. The first-order valence-corrected chi connectivity index (χ1v) is 6.11. The molecule has 0 saturated carbocycles. The van der Waals surface area contributed by atoms with Gasteiger partial charge in [-0.05, 0) is 17.9 Å². The van der Waals surface area contributed by atoms with E-state index in [4.69, 9.17) is 0 Å².